The molecule has 3 rings (SSSR count). The van der Waals surface area contributed by atoms with Gasteiger partial charge in [-0.1, -0.05) is 32.0 Å². The molecule has 3 aromatic rings. The lowest BCUT2D eigenvalue weighted by molar-refractivity contribution is -0.708. The minimum Gasteiger partial charge on any atom is -0.443 e. The molecule has 2 aromatic heterocycles. The maximum atomic E-state index is 12.6. The third-order valence-electron chi connectivity index (χ3n) is 4.71. The maximum absolute atomic E-state index is 12.6. The fourth-order valence-electron chi connectivity index (χ4n) is 3.00. The Hall–Kier alpha value is -2.00. The molecule has 0 spiro atoms. The fraction of sp³-hybridized carbons (Fsp3) is 0.350. The molecule has 0 bridgehead atoms. The Morgan fingerprint density at radius 1 is 1.18 bits per heavy atom. The Morgan fingerprint density at radius 3 is 2.50 bits per heavy atom. The second-order valence-electron chi connectivity index (χ2n) is 6.51. The second-order valence-corrected chi connectivity index (χ2v) is 9.39. The van der Waals surface area contributed by atoms with Gasteiger partial charge in [0.2, 0.25) is 15.9 Å². The molecule has 1 atom stereocenters. The highest BCUT2D eigenvalue weighted by molar-refractivity contribution is 7.89. The van der Waals surface area contributed by atoms with E-state index in [1.54, 1.807) is 29.7 Å². The summed E-state index contributed by atoms with van der Waals surface area (Å²) in [4.78, 5) is 5.89. The van der Waals surface area contributed by atoms with Crippen LogP contribution in [-0.4, -0.2) is 30.8 Å². The number of aromatic nitrogens is 1. The second kappa shape index (κ2) is 9.00. The predicted molar refractivity (Wildman–Crippen MR) is 110 cm³/mol. The van der Waals surface area contributed by atoms with Gasteiger partial charge in [-0.2, -0.15) is 4.31 Å². The van der Waals surface area contributed by atoms with Crippen molar-refractivity contribution in [2.24, 2.45) is 0 Å². The summed E-state index contributed by atoms with van der Waals surface area (Å²) in [7, 11) is -3.42. The summed E-state index contributed by atoms with van der Waals surface area (Å²) in [6.45, 7) is 7.41. The normalized spacial score (nSPS) is 13.1. The smallest absolute Gasteiger partial charge is 0.243 e. The lowest BCUT2D eigenvalue weighted by atomic mass is 10.1. The number of sulfonamides is 1. The van der Waals surface area contributed by atoms with Crippen molar-refractivity contribution < 1.29 is 18.2 Å². The lowest BCUT2D eigenvalue weighted by Gasteiger charge is -2.19. The zero-order valence-corrected chi connectivity index (χ0v) is 18.0. The Labute approximate surface area is 170 Å². The molecule has 2 heterocycles. The van der Waals surface area contributed by atoms with E-state index in [0.29, 0.717) is 30.4 Å². The number of thiophene rings is 1. The van der Waals surface area contributed by atoms with Gasteiger partial charge in [0.05, 0.1) is 9.77 Å². The van der Waals surface area contributed by atoms with Crippen LogP contribution in [0.25, 0.3) is 10.8 Å². The van der Waals surface area contributed by atoms with E-state index >= 15 is 0 Å². The summed E-state index contributed by atoms with van der Waals surface area (Å²) in [5, 5.41) is 4.15. The van der Waals surface area contributed by atoms with Crippen molar-refractivity contribution in [3.8, 4) is 10.8 Å². The van der Waals surface area contributed by atoms with E-state index in [-0.39, 0.29) is 6.04 Å². The molecule has 0 fully saturated rings. The number of nitrogens with zero attached hydrogens (tertiary/aromatic N) is 2. The first-order valence-electron chi connectivity index (χ1n) is 9.37. The number of quaternary nitrogens is 1. The van der Waals surface area contributed by atoms with E-state index in [1.165, 1.54) is 4.31 Å². The molecule has 6 nitrogen and oxygen atoms in total. The first kappa shape index (κ1) is 20.7. The number of hydrogen-bond acceptors (Lipinski definition) is 5. The van der Waals surface area contributed by atoms with Crippen LogP contribution in [0.3, 0.4) is 0 Å². The van der Waals surface area contributed by atoms with Crippen LogP contribution in [0.4, 0.5) is 0 Å². The first-order valence-corrected chi connectivity index (χ1v) is 11.7. The van der Waals surface area contributed by atoms with Gasteiger partial charge in [0.15, 0.2) is 0 Å². The van der Waals surface area contributed by atoms with Crippen LogP contribution < -0.4 is 5.32 Å². The van der Waals surface area contributed by atoms with E-state index < -0.39 is 10.0 Å². The van der Waals surface area contributed by atoms with Gasteiger partial charge in [0, 0.05) is 18.7 Å². The highest BCUT2D eigenvalue weighted by Gasteiger charge is 2.22. The van der Waals surface area contributed by atoms with Crippen LogP contribution in [0.15, 0.2) is 57.4 Å². The molecule has 0 unspecified atom stereocenters. The van der Waals surface area contributed by atoms with Gasteiger partial charge in [-0.05, 0) is 30.5 Å². The van der Waals surface area contributed by atoms with Crippen molar-refractivity contribution in [1.29, 1.82) is 0 Å². The molecule has 0 radical (unpaired) electrons. The van der Waals surface area contributed by atoms with Crippen LogP contribution >= 0.6 is 11.3 Å². The van der Waals surface area contributed by atoms with E-state index in [2.05, 4.69) is 17.2 Å². The molecule has 2 N–H and O–H groups in total. The minimum atomic E-state index is -3.42. The molecule has 0 amide bonds. The van der Waals surface area contributed by atoms with Crippen LogP contribution in [0.1, 0.15) is 38.1 Å². The number of hydrogen-bond donors (Lipinski definition) is 1. The summed E-state index contributed by atoms with van der Waals surface area (Å²) in [6, 6.07) is 11.3. The Morgan fingerprint density at radius 2 is 1.89 bits per heavy atom. The molecule has 150 valence electrons. The summed E-state index contributed by atoms with van der Waals surface area (Å²) in [5.74, 6) is 0.650. The van der Waals surface area contributed by atoms with Gasteiger partial charge in [-0.25, -0.2) is 13.4 Å². The molecule has 8 heteroatoms. The van der Waals surface area contributed by atoms with Gasteiger partial charge >= 0.3 is 0 Å². The lowest BCUT2D eigenvalue weighted by Crippen LogP contribution is -2.83. The third-order valence-corrected chi connectivity index (χ3v) is 7.64. The van der Waals surface area contributed by atoms with Gasteiger partial charge in [0.1, 0.15) is 24.5 Å². The number of rotatable bonds is 9. The molecular weight excluding hydrogens is 394 g/mol. The molecule has 0 aliphatic heterocycles. The van der Waals surface area contributed by atoms with E-state index in [0.717, 1.165) is 16.1 Å². The number of nitrogens with two attached hydrogens (primary N) is 1. The van der Waals surface area contributed by atoms with Gasteiger partial charge in [-0.3, -0.25) is 0 Å². The average molecular weight is 421 g/mol. The molecule has 28 heavy (non-hydrogen) atoms. The van der Waals surface area contributed by atoms with Crippen molar-refractivity contribution in [3.63, 3.8) is 0 Å². The van der Waals surface area contributed by atoms with Crippen LogP contribution in [-0.2, 0) is 16.6 Å². The summed E-state index contributed by atoms with van der Waals surface area (Å²) >= 11 is 1.60. The quantitative estimate of drug-likeness (QED) is 0.576. The Kier molecular flexibility index (Phi) is 6.66. The highest BCUT2D eigenvalue weighted by atomic mass is 32.2. The molecule has 0 aliphatic rings. The summed E-state index contributed by atoms with van der Waals surface area (Å²) in [5.41, 5.74) is 1.96. The molecule has 0 saturated carbocycles. The minimum absolute atomic E-state index is 0.173. The van der Waals surface area contributed by atoms with Crippen molar-refractivity contribution in [2.75, 3.05) is 13.1 Å². The van der Waals surface area contributed by atoms with Crippen molar-refractivity contribution in [2.45, 2.75) is 38.3 Å². The predicted octanol–water partition coefficient (Wildman–Crippen LogP) is 3.26. The van der Waals surface area contributed by atoms with Crippen LogP contribution in [0.2, 0.25) is 0 Å². The standard InChI is InChI=1S/C20H25N3O3S2/c1-4-23(5-2)28(24,25)18-10-8-16(9-11-18)15(3)21-13-17-14-26-20(22-17)19-7-6-12-27-19/h6-12,14-15,21H,4-5,13H2,1-3H3/p+1/t15-/m1/s1. The average Bonchev–Trinajstić information content (AvgIpc) is 3.38. The van der Waals surface area contributed by atoms with Crippen molar-refractivity contribution in [1.82, 2.24) is 9.29 Å². The maximum Gasteiger partial charge on any atom is 0.243 e. The van der Waals surface area contributed by atoms with Crippen LogP contribution in [0.5, 0.6) is 0 Å². The monoisotopic (exact) mass is 420 g/mol. The molecular formula is C20H26N3O3S2+. The highest BCUT2D eigenvalue weighted by Crippen LogP contribution is 2.23. The molecule has 0 aliphatic carbocycles. The van der Waals surface area contributed by atoms with Crippen molar-refractivity contribution in [3.05, 3.63) is 59.3 Å². The van der Waals surface area contributed by atoms with Gasteiger partial charge in [0.25, 0.3) is 0 Å². The number of benzene rings is 1. The summed E-state index contributed by atoms with van der Waals surface area (Å²) < 4.78 is 32.2. The zero-order valence-electron chi connectivity index (χ0n) is 16.3. The topological polar surface area (TPSA) is 80.0 Å². The van der Waals surface area contributed by atoms with Gasteiger partial charge < -0.3 is 9.73 Å². The Balaban J connectivity index is 1.63. The largest absolute Gasteiger partial charge is 0.443 e. The third kappa shape index (κ3) is 4.52. The fourth-order valence-corrected chi connectivity index (χ4v) is 5.12. The van der Waals surface area contributed by atoms with E-state index in [9.17, 15) is 8.42 Å². The molecule has 1 aromatic carbocycles. The zero-order chi connectivity index (χ0) is 20.1. The van der Waals surface area contributed by atoms with Gasteiger partial charge in [-0.15, -0.1) is 11.3 Å². The van der Waals surface area contributed by atoms with E-state index in [4.69, 9.17) is 4.42 Å². The number of oxazole rings is 1. The van der Waals surface area contributed by atoms with Crippen LogP contribution in [0, 0.1) is 0 Å². The summed E-state index contributed by atoms with van der Waals surface area (Å²) in [6.07, 6.45) is 1.69. The SMILES string of the molecule is CCN(CC)S(=O)(=O)c1ccc([C@@H](C)[NH2+]Cc2coc(-c3cccs3)n2)cc1. The Bertz CT molecular complexity index is 976. The van der Waals surface area contributed by atoms with E-state index in [1.807, 2.05) is 43.5 Å². The molecule has 0 saturated heterocycles. The van der Waals surface area contributed by atoms with Crippen molar-refractivity contribution >= 4 is 21.4 Å². The first-order chi connectivity index (χ1) is 13.5.